The number of nitrogens with one attached hydrogen (secondary N) is 1. The molecule has 19 nitrogen and oxygen atoms in total. The molecular weight excluding hydrogens is 1130 g/mol. The molecule has 1 amide bonds. The zero-order valence-corrected chi connectivity index (χ0v) is 53.7. The summed E-state index contributed by atoms with van der Waals surface area (Å²) in [5, 5.41) is 120. The predicted octanol–water partition coefficient (Wildman–Crippen LogP) is 8.55. The Morgan fingerprint density at radius 2 is 0.784 bits per heavy atom. The van der Waals surface area contributed by atoms with Gasteiger partial charge in [-0.05, 0) is 64.2 Å². The molecule has 0 bridgehead atoms. The van der Waals surface area contributed by atoms with Gasteiger partial charge in [0, 0.05) is 6.42 Å². The van der Waals surface area contributed by atoms with E-state index in [0.717, 1.165) is 89.9 Å². The van der Waals surface area contributed by atoms with Crippen LogP contribution >= 0.6 is 0 Å². The lowest BCUT2D eigenvalue weighted by molar-refractivity contribution is -0.379. The van der Waals surface area contributed by atoms with Crippen LogP contribution in [0.25, 0.3) is 0 Å². The van der Waals surface area contributed by atoms with E-state index in [9.17, 15) is 61.0 Å². The van der Waals surface area contributed by atoms with Crippen LogP contribution in [-0.2, 0) is 33.2 Å². The molecule has 3 heterocycles. The number of ether oxygens (including phenoxy) is 6. The average Bonchev–Trinajstić information content (AvgIpc) is 3.72. The van der Waals surface area contributed by atoms with Crippen LogP contribution < -0.4 is 5.32 Å². The molecule has 0 aromatic carbocycles. The first-order chi connectivity index (χ1) is 42.8. The maximum atomic E-state index is 13.4. The van der Waals surface area contributed by atoms with Gasteiger partial charge in [0.2, 0.25) is 5.91 Å². The van der Waals surface area contributed by atoms with Gasteiger partial charge in [0.15, 0.2) is 18.9 Å². The van der Waals surface area contributed by atoms with Crippen molar-refractivity contribution < 1.29 is 89.4 Å². The molecular formula is C69H121NO18. The van der Waals surface area contributed by atoms with Gasteiger partial charge in [-0.25, -0.2) is 0 Å². The Labute approximate surface area is 528 Å². The highest BCUT2D eigenvalue weighted by Gasteiger charge is 2.53. The topological polar surface area (TPSA) is 307 Å². The number of amides is 1. The molecule has 3 saturated heterocycles. The first kappa shape index (κ1) is 79.5. The van der Waals surface area contributed by atoms with Crippen molar-refractivity contribution in [2.24, 2.45) is 0 Å². The van der Waals surface area contributed by atoms with Crippen molar-refractivity contribution in [2.75, 3.05) is 26.4 Å². The molecule has 510 valence electrons. The molecule has 0 saturated carbocycles. The van der Waals surface area contributed by atoms with Crippen LogP contribution in [-0.4, -0.2) is 193 Å². The number of aliphatic hydroxyl groups is 11. The lowest BCUT2D eigenvalue weighted by Crippen LogP contribution is -2.66. The summed E-state index contributed by atoms with van der Waals surface area (Å²) in [5.41, 5.74) is 0. The van der Waals surface area contributed by atoms with E-state index in [0.29, 0.717) is 6.42 Å². The molecule has 0 spiro atoms. The van der Waals surface area contributed by atoms with Crippen molar-refractivity contribution >= 4 is 5.91 Å². The third-order valence-electron chi connectivity index (χ3n) is 16.8. The van der Waals surface area contributed by atoms with Gasteiger partial charge in [-0.3, -0.25) is 4.79 Å². The number of allylic oxidation sites excluding steroid dienone is 11. The van der Waals surface area contributed by atoms with Crippen molar-refractivity contribution in [3.8, 4) is 0 Å². The molecule has 17 atom stereocenters. The lowest BCUT2D eigenvalue weighted by Gasteiger charge is -2.48. The normalized spacial score (nSPS) is 28.9. The SMILES string of the molecule is CC/C=C\C/C=C\C/C=C\C/C=C\C/C=C\CCCCCCCC(=O)NC(COC1OC(CO)C(OC2OC(CO)C(OC3OC(CO)C(O)C(O)C3O)C(O)C2O)C(O)C1O)C(O)/C=C/CCCCCCCCCCCCCCCCCCCCCC. The molecule has 3 aliphatic heterocycles. The third-order valence-corrected chi connectivity index (χ3v) is 16.8. The summed E-state index contributed by atoms with van der Waals surface area (Å²) in [4.78, 5) is 13.4. The number of unbranched alkanes of at least 4 members (excludes halogenated alkanes) is 25. The van der Waals surface area contributed by atoms with Gasteiger partial charge in [-0.15, -0.1) is 0 Å². The Kier molecular flexibility index (Phi) is 45.8. The van der Waals surface area contributed by atoms with Crippen LogP contribution in [0.15, 0.2) is 72.9 Å². The third kappa shape index (κ3) is 32.7. The van der Waals surface area contributed by atoms with Crippen molar-refractivity contribution in [2.45, 2.75) is 330 Å². The minimum absolute atomic E-state index is 0.218. The quantitative estimate of drug-likeness (QED) is 0.0200. The van der Waals surface area contributed by atoms with Gasteiger partial charge in [-0.2, -0.15) is 0 Å². The monoisotopic (exact) mass is 1250 g/mol. The Balaban J connectivity index is 1.47. The molecule has 88 heavy (non-hydrogen) atoms. The summed E-state index contributed by atoms with van der Waals surface area (Å²) in [6.45, 7) is 1.61. The minimum atomic E-state index is -1.98. The van der Waals surface area contributed by atoms with E-state index in [1.165, 1.54) is 109 Å². The Bertz CT molecular complexity index is 1880. The van der Waals surface area contributed by atoms with E-state index in [1.807, 2.05) is 6.08 Å². The summed E-state index contributed by atoms with van der Waals surface area (Å²) in [5.74, 6) is -0.295. The average molecular weight is 1250 g/mol. The van der Waals surface area contributed by atoms with Gasteiger partial charge >= 0.3 is 0 Å². The standard InChI is InChI=1S/C69H121NO18/c1-3-5-7-9-11-13-15-17-19-21-23-25-27-28-30-32-34-36-38-40-42-44-46-53(74)52(70-57(75)47-45-43-41-39-37-35-33-31-29-26-24-22-20-18-16-14-12-10-8-6-4-2)51-83-67-63(81)60(78)65(55(49-72)85-67)88-69-64(82)61(79)66(56(50-73)86-69)87-68-62(80)59(77)58(76)54(48-71)84-68/h6,8,12,14,18,20,24,26,31,33,44,46,52-56,58-69,71-74,76-82H,3-5,7,9-11,13,15-17,19,21-23,25,27-30,32,34-43,45,47-51H2,1-2H3,(H,70,75)/b8-6-,14-12-,20-18-,26-24-,33-31-,46-44+. The summed E-state index contributed by atoms with van der Waals surface area (Å²) in [6.07, 6.45) is 35.8. The van der Waals surface area contributed by atoms with Crippen LogP contribution in [0.1, 0.15) is 226 Å². The van der Waals surface area contributed by atoms with Crippen molar-refractivity contribution in [3.05, 3.63) is 72.9 Å². The smallest absolute Gasteiger partial charge is 0.220 e. The highest BCUT2D eigenvalue weighted by molar-refractivity contribution is 5.76. The van der Waals surface area contributed by atoms with Crippen LogP contribution in [0.4, 0.5) is 0 Å². The number of carbonyl (C=O) groups excluding carboxylic acids is 1. The fourth-order valence-corrected chi connectivity index (χ4v) is 11.2. The second-order valence-corrected chi connectivity index (χ2v) is 24.3. The van der Waals surface area contributed by atoms with Gasteiger partial charge in [-0.1, -0.05) is 228 Å². The van der Waals surface area contributed by atoms with Crippen LogP contribution in [0, 0.1) is 0 Å². The maximum Gasteiger partial charge on any atom is 0.220 e. The second-order valence-electron chi connectivity index (χ2n) is 24.3. The number of hydrogen-bond acceptors (Lipinski definition) is 18. The van der Waals surface area contributed by atoms with E-state index < -0.39 is 124 Å². The molecule has 12 N–H and O–H groups in total. The van der Waals surface area contributed by atoms with E-state index >= 15 is 0 Å². The van der Waals surface area contributed by atoms with Crippen LogP contribution in [0.2, 0.25) is 0 Å². The zero-order chi connectivity index (χ0) is 64.0. The fourth-order valence-electron chi connectivity index (χ4n) is 11.2. The van der Waals surface area contributed by atoms with Crippen molar-refractivity contribution in [1.29, 1.82) is 0 Å². The van der Waals surface area contributed by atoms with Gasteiger partial charge < -0.3 is 89.9 Å². The van der Waals surface area contributed by atoms with Crippen molar-refractivity contribution in [1.82, 2.24) is 5.32 Å². The molecule has 0 aromatic rings. The van der Waals surface area contributed by atoms with E-state index in [4.69, 9.17) is 28.4 Å². The second kappa shape index (κ2) is 50.7. The Morgan fingerprint density at radius 3 is 1.23 bits per heavy atom. The van der Waals surface area contributed by atoms with Gasteiger partial charge in [0.1, 0.15) is 73.2 Å². The summed E-state index contributed by atoms with van der Waals surface area (Å²) in [7, 11) is 0. The Morgan fingerprint density at radius 1 is 0.420 bits per heavy atom. The van der Waals surface area contributed by atoms with E-state index in [1.54, 1.807) is 6.08 Å². The highest BCUT2D eigenvalue weighted by atomic mass is 16.8. The largest absolute Gasteiger partial charge is 0.394 e. The molecule has 3 fully saturated rings. The first-order valence-corrected chi connectivity index (χ1v) is 34.2. The molecule has 17 unspecified atom stereocenters. The fraction of sp³-hybridized carbons (Fsp3) is 0.812. The number of aliphatic hydroxyl groups excluding tert-OH is 11. The minimum Gasteiger partial charge on any atom is -0.394 e. The summed E-state index contributed by atoms with van der Waals surface area (Å²) >= 11 is 0. The number of hydrogen-bond donors (Lipinski definition) is 12. The maximum absolute atomic E-state index is 13.4. The predicted molar refractivity (Wildman–Crippen MR) is 341 cm³/mol. The number of carbonyl (C=O) groups is 1. The van der Waals surface area contributed by atoms with Gasteiger partial charge in [0.25, 0.3) is 0 Å². The first-order valence-electron chi connectivity index (χ1n) is 34.2. The molecule has 3 aliphatic rings. The zero-order valence-electron chi connectivity index (χ0n) is 53.7. The molecule has 0 aromatic heterocycles. The lowest BCUT2D eigenvalue weighted by atomic mass is 9.96. The Hall–Kier alpha value is -2.77. The molecule has 3 rings (SSSR count). The highest BCUT2D eigenvalue weighted by Crippen LogP contribution is 2.33. The van der Waals surface area contributed by atoms with Gasteiger partial charge in [0.05, 0.1) is 38.6 Å². The number of rotatable bonds is 51. The van der Waals surface area contributed by atoms with Crippen LogP contribution in [0.5, 0.6) is 0 Å². The summed E-state index contributed by atoms with van der Waals surface area (Å²) in [6, 6.07) is -0.988. The van der Waals surface area contributed by atoms with Crippen LogP contribution in [0.3, 0.4) is 0 Å². The van der Waals surface area contributed by atoms with E-state index in [2.05, 4.69) is 79.9 Å². The van der Waals surface area contributed by atoms with E-state index in [-0.39, 0.29) is 18.9 Å². The molecule has 0 aliphatic carbocycles. The van der Waals surface area contributed by atoms with Crippen molar-refractivity contribution in [3.63, 3.8) is 0 Å². The summed E-state index contributed by atoms with van der Waals surface area (Å²) < 4.78 is 34.3. The molecule has 0 radical (unpaired) electrons. The molecule has 19 heteroatoms.